The maximum atomic E-state index is 11.0. The van der Waals surface area contributed by atoms with Crippen molar-refractivity contribution in [1.82, 2.24) is 5.32 Å². The van der Waals surface area contributed by atoms with Gasteiger partial charge in [0.25, 0.3) is 0 Å². The molecule has 0 heterocycles. The van der Waals surface area contributed by atoms with Crippen LogP contribution in [0.2, 0.25) is 0 Å². The normalized spacial score (nSPS) is 10.4. The molecule has 0 unspecified atom stereocenters. The summed E-state index contributed by atoms with van der Waals surface area (Å²) in [6, 6.07) is 0. The number of carbonyl (C=O) groups excluding carboxylic acids is 1. The Kier molecular flexibility index (Phi) is 7.50. The molecule has 0 bridgehead atoms. The van der Waals surface area contributed by atoms with Crippen LogP contribution in [-0.2, 0) is 9.59 Å². The van der Waals surface area contributed by atoms with E-state index in [-0.39, 0.29) is 18.9 Å². The van der Waals surface area contributed by atoms with E-state index in [4.69, 9.17) is 5.11 Å². The molecule has 0 radical (unpaired) electrons. The number of carboxylic acids is 1. The number of rotatable bonds is 7. The molecule has 4 nitrogen and oxygen atoms in total. The van der Waals surface area contributed by atoms with E-state index < -0.39 is 5.97 Å². The first-order chi connectivity index (χ1) is 6.66. The SMILES string of the molecule is CCCCC=CCC(=O)NCC(=O)O. The molecular formula is C10H17NO3. The number of unbranched alkanes of at least 4 members (excludes halogenated alkanes) is 2. The fourth-order valence-electron chi connectivity index (χ4n) is 0.877. The molecule has 0 aliphatic heterocycles. The standard InChI is InChI=1S/C10H17NO3/c1-2-3-4-5-6-7-9(12)11-8-10(13)14/h5-6H,2-4,7-8H2,1H3,(H,11,12)(H,13,14). The van der Waals surface area contributed by atoms with E-state index in [1.165, 1.54) is 0 Å². The molecule has 4 heteroatoms. The Bertz CT molecular complexity index is 211. The van der Waals surface area contributed by atoms with Gasteiger partial charge < -0.3 is 10.4 Å². The maximum absolute atomic E-state index is 11.0. The molecule has 14 heavy (non-hydrogen) atoms. The molecule has 0 fully saturated rings. The van der Waals surface area contributed by atoms with Gasteiger partial charge in [-0.1, -0.05) is 31.9 Å². The van der Waals surface area contributed by atoms with Gasteiger partial charge in [-0.15, -0.1) is 0 Å². The number of amides is 1. The fraction of sp³-hybridized carbons (Fsp3) is 0.600. The topological polar surface area (TPSA) is 66.4 Å². The largest absolute Gasteiger partial charge is 0.480 e. The first-order valence-corrected chi connectivity index (χ1v) is 4.80. The first-order valence-electron chi connectivity index (χ1n) is 4.80. The van der Waals surface area contributed by atoms with Gasteiger partial charge >= 0.3 is 5.97 Å². The van der Waals surface area contributed by atoms with Gasteiger partial charge in [0.05, 0.1) is 0 Å². The maximum Gasteiger partial charge on any atom is 0.322 e. The number of nitrogens with one attached hydrogen (secondary N) is 1. The highest BCUT2D eigenvalue weighted by Gasteiger charge is 2.00. The van der Waals surface area contributed by atoms with Crippen LogP contribution in [0.5, 0.6) is 0 Å². The van der Waals surface area contributed by atoms with Crippen molar-refractivity contribution in [2.75, 3.05) is 6.54 Å². The van der Waals surface area contributed by atoms with Crippen LogP contribution in [0, 0.1) is 0 Å². The zero-order chi connectivity index (χ0) is 10.8. The van der Waals surface area contributed by atoms with E-state index >= 15 is 0 Å². The van der Waals surface area contributed by atoms with Gasteiger partial charge in [-0.25, -0.2) is 0 Å². The predicted molar refractivity (Wildman–Crippen MR) is 53.9 cm³/mol. The van der Waals surface area contributed by atoms with Gasteiger partial charge in [0.2, 0.25) is 5.91 Å². The van der Waals surface area contributed by atoms with Gasteiger partial charge in [0.1, 0.15) is 6.54 Å². The Morgan fingerprint density at radius 2 is 2.07 bits per heavy atom. The minimum absolute atomic E-state index is 0.250. The molecule has 0 spiro atoms. The van der Waals surface area contributed by atoms with Crippen LogP contribution in [0.4, 0.5) is 0 Å². The number of aliphatic carboxylic acids is 1. The lowest BCUT2D eigenvalue weighted by molar-refractivity contribution is -0.137. The van der Waals surface area contributed by atoms with Crippen LogP contribution in [0.1, 0.15) is 32.6 Å². The highest BCUT2D eigenvalue weighted by atomic mass is 16.4. The van der Waals surface area contributed by atoms with E-state index in [1.54, 1.807) is 6.08 Å². The van der Waals surface area contributed by atoms with Crippen molar-refractivity contribution in [3.63, 3.8) is 0 Å². The van der Waals surface area contributed by atoms with Gasteiger partial charge in [0.15, 0.2) is 0 Å². The zero-order valence-electron chi connectivity index (χ0n) is 8.45. The lowest BCUT2D eigenvalue weighted by atomic mass is 10.2. The summed E-state index contributed by atoms with van der Waals surface area (Å²) in [4.78, 5) is 21.0. The van der Waals surface area contributed by atoms with Crippen LogP contribution >= 0.6 is 0 Å². The smallest absolute Gasteiger partial charge is 0.322 e. The monoisotopic (exact) mass is 199 g/mol. The van der Waals surface area contributed by atoms with Crippen molar-refractivity contribution < 1.29 is 14.7 Å². The Balaban J connectivity index is 3.43. The number of allylic oxidation sites excluding steroid dienone is 1. The van der Waals surface area contributed by atoms with E-state index in [2.05, 4.69) is 12.2 Å². The molecule has 0 aromatic carbocycles. The number of carbonyl (C=O) groups is 2. The highest BCUT2D eigenvalue weighted by Crippen LogP contribution is 1.95. The van der Waals surface area contributed by atoms with Crippen molar-refractivity contribution in [3.8, 4) is 0 Å². The summed E-state index contributed by atoms with van der Waals surface area (Å²) in [5.41, 5.74) is 0. The van der Waals surface area contributed by atoms with Gasteiger partial charge in [0, 0.05) is 6.42 Å². The Morgan fingerprint density at radius 3 is 2.64 bits per heavy atom. The third-order valence-electron chi connectivity index (χ3n) is 1.63. The van der Waals surface area contributed by atoms with Gasteiger partial charge in [-0.05, 0) is 6.42 Å². The molecule has 0 aromatic rings. The second-order valence-corrected chi connectivity index (χ2v) is 2.99. The van der Waals surface area contributed by atoms with Gasteiger partial charge in [-0.3, -0.25) is 9.59 Å². The summed E-state index contributed by atoms with van der Waals surface area (Å²) < 4.78 is 0. The summed E-state index contributed by atoms with van der Waals surface area (Å²) in [5.74, 6) is -1.27. The van der Waals surface area contributed by atoms with Crippen molar-refractivity contribution in [3.05, 3.63) is 12.2 Å². The highest BCUT2D eigenvalue weighted by molar-refractivity contribution is 5.81. The Hall–Kier alpha value is -1.32. The van der Waals surface area contributed by atoms with Crippen molar-refractivity contribution in [2.24, 2.45) is 0 Å². The second-order valence-electron chi connectivity index (χ2n) is 2.99. The van der Waals surface area contributed by atoms with E-state index in [9.17, 15) is 9.59 Å². The first kappa shape index (κ1) is 12.7. The minimum Gasteiger partial charge on any atom is -0.480 e. The Labute approximate surface area is 84.0 Å². The lowest BCUT2D eigenvalue weighted by Gasteiger charge is -1.97. The third-order valence-corrected chi connectivity index (χ3v) is 1.63. The van der Waals surface area contributed by atoms with Crippen molar-refractivity contribution in [1.29, 1.82) is 0 Å². The van der Waals surface area contributed by atoms with Crippen molar-refractivity contribution in [2.45, 2.75) is 32.6 Å². The molecule has 80 valence electrons. The summed E-state index contributed by atoms with van der Waals surface area (Å²) in [6.07, 6.45) is 7.21. The molecule has 0 saturated carbocycles. The minimum atomic E-state index is -1.02. The number of hydrogen-bond donors (Lipinski definition) is 2. The predicted octanol–water partition coefficient (Wildman–Crippen LogP) is 1.32. The fourth-order valence-corrected chi connectivity index (χ4v) is 0.877. The zero-order valence-corrected chi connectivity index (χ0v) is 8.45. The van der Waals surface area contributed by atoms with E-state index in [1.807, 2.05) is 6.08 Å². The van der Waals surface area contributed by atoms with Crippen LogP contribution < -0.4 is 5.32 Å². The summed E-state index contributed by atoms with van der Waals surface area (Å²) >= 11 is 0. The van der Waals surface area contributed by atoms with E-state index in [0.29, 0.717) is 0 Å². The quantitative estimate of drug-likeness (QED) is 0.480. The number of carboxylic acid groups (broad SMARTS) is 1. The van der Waals surface area contributed by atoms with E-state index in [0.717, 1.165) is 19.3 Å². The third kappa shape index (κ3) is 8.77. The molecule has 0 saturated heterocycles. The lowest BCUT2D eigenvalue weighted by Crippen LogP contribution is -2.28. The van der Waals surface area contributed by atoms with Crippen LogP contribution in [0.15, 0.2) is 12.2 Å². The summed E-state index contributed by atoms with van der Waals surface area (Å²) in [6.45, 7) is 1.80. The summed E-state index contributed by atoms with van der Waals surface area (Å²) in [5, 5.41) is 10.6. The molecule has 0 rings (SSSR count). The molecule has 1 amide bonds. The van der Waals surface area contributed by atoms with Crippen LogP contribution in [0.3, 0.4) is 0 Å². The average molecular weight is 199 g/mol. The van der Waals surface area contributed by atoms with Crippen LogP contribution in [0.25, 0.3) is 0 Å². The average Bonchev–Trinajstić information content (AvgIpc) is 2.14. The van der Waals surface area contributed by atoms with Crippen LogP contribution in [-0.4, -0.2) is 23.5 Å². The molecule has 0 aromatic heterocycles. The second kappa shape index (κ2) is 8.29. The molecule has 0 aliphatic carbocycles. The molecule has 2 N–H and O–H groups in total. The Morgan fingerprint density at radius 1 is 1.36 bits per heavy atom. The molecule has 0 aliphatic rings. The van der Waals surface area contributed by atoms with Gasteiger partial charge in [-0.2, -0.15) is 0 Å². The molecule has 0 atom stereocenters. The summed E-state index contributed by atoms with van der Waals surface area (Å²) in [7, 11) is 0. The number of hydrogen-bond acceptors (Lipinski definition) is 2. The molecular weight excluding hydrogens is 182 g/mol. The van der Waals surface area contributed by atoms with Crippen molar-refractivity contribution >= 4 is 11.9 Å².